The lowest BCUT2D eigenvalue weighted by atomic mass is 10.3. The molecule has 0 aliphatic carbocycles. The van der Waals surface area contributed by atoms with Gasteiger partial charge in [-0.2, -0.15) is 0 Å². The Morgan fingerprint density at radius 2 is 1.92 bits per heavy atom. The van der Waals surface area contributed by atoms with Gasteiger partial charge in [-0.15, -0.1) is 6.58 Å². The molecule has 66 valence electrons. The normalized spacial score (nSPS) is 19.9. The zero-order chi connectivity index (χ0) is 9.14. The van der Waals surface area contributed by atoms with Crippen LogP contribution >= 0.6 is 0 Å². The van der Waals surface area contributed by atoms with Crippen LogP contribution in [0.3, 0.4) is 0 Å². The lowest BCUT2D eigenvalue weighted by molar-refractivity contribution is -0.149. The van der Waals surface area contributed by atoms with Gasteiger partial charge < -0.3 is 0 Å². The van der Waals surface area contributed by atoms with Crippen LogP contribution in [0.4, 0.5) is 0 Å². The van der Waals surface area contributed by atoms with Gasteiger partial charge in [0.15, 0.2) is 0 Å². The number of rotatable bonds is 2. The minimum Gasteiger partial charge on any atom is -0.284 e. The first kappa shape index (κ1) is 8.93. The molecular weight excluding hydrogens is 156 g/mol. The summed E-state index contributed by atoms with van der Waals surface area (Å²) in [7, 11) is 1.51. The van der Waals surface area contributed by atoms with E-state index < -0.39 is 0 Å². The quantitative estimate of drug-likeness (QED) is 0.411. The Bertz CT molecular complexity index is 207. The third-order valence-electron chi connectivity index (χ3n) is 1.85. The summed E-state index contributed by atoms with van der Waals surface area (Å²) in [5.41, 5.74) is 0. The Morgan fingerprint density at radius 3 is 2.33 bits per heavy atom. The van der Waals surface area contributed by atoms with E-state index in [-0.39, 0.29) is 11.8 Å². The first-order valence-corrected chi connectivity index (χ1v) is 3.77. The number of likely N-dealkylation sites (N-methyl/N-ethyl adjacent to an activating group) is 1. The van der Waals surface area contributed by atoms with Crippen LogP contribution in [0.15, 0.2) is 12.7 Å². The van der Waals surface area contributed by atoms with E-state index in [0.29, 0.717) is 19.6 Å². The van der Waals surface area contributed by atoms with E-state index >= 15 is 0 Å². The van der Waals surface area contributed by atoms with Gasteiger partial charge in [0.05, 0.1) is 13.1 Å². The summed E-state index contributed by atoms with van der Waals surface area (Å²) in [5.74, 6) is -0.291. The summed E-state index contributed by atoms with van der Waals surface area (Å²) in [6.07, 6.45) is 1.69. The molecule has 1 fully saturated rings. The maximum Gasteiger partial charge on any atom is 0.243 e. The highest BCUT2D eigenvalue weighted by Gasteiger charge is 2.26. The van der Waals surface area contributed by atoms with Crippen LogP contribution in [0.25, 0.3) is 0 Å². The minimum atomic E-state index is -0.145. The van der Waals surface area contributed by atoms with Crippen LogP contribution in [0.2, 0.25) is 0 Å². The van der Waals surface area contributed by atoms with Crippen LogP contribution in [-0.4, -0.2) is 48.3 Å². The number of amides is 2. The number of hydrogen-bond donors (Lipinski definition) is 0. The van der Waals surface area contributed by atoms with Crippen molar-refractivity contribution in [3.63, 3.8) is 0 Å². The second kappa shape index (κ2) is 3.49. The predicted molar refractivity (Wildman–Crippen MR) is 44.4 cm³/mol. The largest absolute Gasteiger partial charge is 0.284 e. The van der Waals surface area contributed by atoms with Crippen molar-refractivity contribution in [3.05, 3.63) is 12.7 Å². The Labute approximate surface area is 71.4 Å². The maximum absolute atomic E-state index is 11.1. The first-order chi connectivity index (χ1) is 5.65. The number of piperazine rings is 1. The Morgan fingerprint density at radius 1 is 1.42 bits per heavy atom. The summed E-state index contributed by atoms with van der Waals surface area (Å²) in [6, 6.07) is 0. The molecule has 1 heterocycles. The molecule has 0 N–H and O–H groups in total. The average molecular weight is 168 g/mol. The fraction of sp³-hybridized carbons (Fsp3) is 0.500. The van der Waals surface area contributed by atoms with Crippen LogP contribution in [0, 0.1) is 0 Å². The molecule has 1 aliphatic rings. The van der Waals surface area contributed by atoms with E-state index in [1.165, 1.54) is 11.9 Å². The van der Waals surface area contributed by atoms with Gasteiger partial charge in [-0.05, 0) is 0 Å². The van der Waals surface area contributed by atoms with E-state index in [2.05, 4.69) is 6.58 Å². The van der Waals surface area contributed by atoms with E-state index in [0.717, 1.165) is 0 Å². The van der Waals surface area contributed by atoms with Crippen molar-refractivity contribution in [2.75, 3.05) is 26.7 Å². The van der Waals surface area contributed by atoms with Crippen LogP contribution in [0.5, 0.6) is 0 Å². The molecule has 1 rings (SSSR count). The molecule has 0 unspecified atom stereocenters. The van der Waals surface area contributed by atoms with Gasteiger partial charge in [-0.1, -0.05) is 6.08 Å². The van der Waals surface area contributed by atoms with Crippen molar-refractivity contribution >= 4 is 11.8 Å². The smallest absolute Gasteiger partial charge is 0.243 e. The summed E-state index contributed by atoms with van der Waals surface area (Å²) in [5, 5.41) is 0. The lowest BCUT2D eigenvalue weighted by Gasteiger charge is -2.29. The molecule has 1 aliphatic heterocycles. The van der Waals surface area contributed by atoms with Gasteiger partial charge in [0, 0.05) is 13.6 Å². The molecule has 0 radical (unpaired) electrons. The zero-order valence-corrected chi connectivity index (χ0v) is 7.12. The van der Waals surface area contributed by atoms with Gasteiger partial charge in [-0.3, -0.25) is 19.4 Å². The van der Waals surface area contributed by atoms with Crippen LogP contribution < -0.4 is 0 Å². The van der Waals surface area contributed by atoms with Crippen molar-refractivity contribution in [2.45, 2.75) is 0 Å². The van der Waals surface area contributed by atoms with Crippen LogP contribution in [0.1, 0.15) is 0 Å². The van der Waals surface area contributed by atoms with E-state index in [4.69, 9.17) is 0 Å². The molecule has 4 heteroatoms. The Kier molecular flexibility index (Phi) is 2.60. The fourth-order valence-electron chi connectivity index (χ4n) is 1.10. The maximum atomic E-state index is 11.1. The second-order valence-electron chi connectivity index (χ2n) is 2.80. The molecule has 2 amide bonds. The highest BCUT2D eigenvalue weighted by atomic mass is 16.2. The topological polar surface area (TPSA) is 40.6 Å². The third-order valence-corrected chi connectivity index (χ3v) is 1.85. The van der Waals surface area contributed by atoms with Crippen molar-refractivity contribution in [1.82, 2.24) is 9.80 Å². The number of nitrogens with zero attached hydrogens (tertiary/aromatic N) is 2. The molecule has 0 atom stereocenters. The SMILES string of the molecule is C=CCN1CC(=O)N(C)C(=O)C1. The summed E-state index contributed by atoms with van der Waals surface area (Å²) < 4.78 is 0. The molecule has 4 nitrogen and oxygen atoms in total. The van der Waals surface area contributed by atoms with Gasteiger partial charge in [0.25, 0.3) is 0 Å². The average Bonchev–Trinajstić information content (AvgIpc) is 2.01. The van der Waals surface area contributed by atoms with E-state index in [1.54, 1.807) is 11.0 Å². The van der Waals surface area contributed by atoms with Gasteiger partial charge in [-0.25, -0.2) is 0 Å². The molecule has 0 saturated carbocycles. The predicted octanol–water partition coefficient (Wildman–Crippen LogP) is -0.527. The van der Waals surface area contributed by atoms with Gasteiger partial charge in [0.1, 0.15) is 0 Å². The highest BCUT2D eigenvalue weighted by molar-refractivity contribution is 5.99. The summed E-state index contributed by atoms with van der Waals surface area (Å²) >= 11 is 0. The third kappa shape index (κ3) is 1.71. The highest BCUT2D eigenvalue weighted by Crippen LogP contribution is 2.01. The standard InChI is InChI=1S/C8H12N2O2/c1-3-4-10-5-7(11)9(2)8(12)6-10/h3H,1,4-6H2,2H3. The molecule has 0 aromatic rings. The molecule has 0 spiro atoms. The lowest BCUT2D eigenvalue weighted by Crippen LogP contribution is -2.52. The van der Waals surface area contributed by atoms with Gasteiger partial charge >= 0.3 is 0 Å². The molecule has 0 aromatic heterocycles. The molecule has 0 bridgehead atoms. The zero-order valence-electron chi connectivity index (χ0n) is 7.12. The van der Waals surface area contributed by atoms with E-state index in [9.17, 15) is 9.59 Å². The number of carbonyl (C=O) groups excluding carboxylic acids is 2. The fourth-order valence-corrected chi connectivity index (χ4v) is 1.10. The molecule has 12 heavy (non-hydrogen) atoms. The summed E-state index contributed by atoms with van der Waals surface area (Å²) in [4.78, 5) is 25.2. The van der Waals surface area contributed by atoms with E-state index in [1.807, 2.05) is 0 Å². The van der Waals surface area contributed by atoms with Crippen molar-refractivity contribution < 1.29 is 9.59 Å². The molecular formula is C8H12N2O2. The van der Waals surface area contributed by atoms with Crippen molar-refractivity contribution in [2.24, 2.45) is 0 Å². The summed E-state index contributed by atoms with van der Waals surface area (Å²) in [6.45, 7) is 4.76. The van der Waals surface area contributed by atoms with Gasteiger partial charge in [0.2, 0.25) is 11.8 Å². The number of hydrogen-bond acceptors (Lipinski definition) is 3. The second-order valence-corrected chi connectivity index (χ2v) is 2.80. The Hall–Kier alpha value is -1.16. The molecule has 0 aromatic carbocycles. The van der Waals surface area contributed by atoms with Crippen molar-refractivity contribution in [1.29, 1.82) is 0 Å². The van der Waals surface area contributed by atoms with Crippen molar-refractivity contribution in [3.8, 4) is 0 Å². The Balaban J connectivity index is 2.59. The minimum absolute atomic E-state index is 0.145. The first-order valence-electron chi connectivity index (χ1n) is 3.77. The number of carbonyl (C=O) groups is 2. The number of imide groups is 1. The molecule has 1 saturated heterocycles. The monoisotopic (exact) mass is 168 g/mol. The van der Waals surface area contributed by atoms with Crippen LogP contribution in [-0.2, 0) is 9.59 Å².